The molecule has 0 saturated carbocycles. The summed E-state index contributed by atoms with van der Waals surface area (Å²) in [6, 6.07) is 0. The summed E-state index contributed by atoms with van der Waals surface area (Å²) in [4.78, 5) is 0. The van der Waals surface area contributed by atoms with Gasteiger partial charge in [-0.05, 0) is 76.0 Å². The quantitative estimate of drug-likeness (QED) is 0.655. The fraction of sp³-hybridized carbons (Fsp3) is 0.400. The summed E-state index contributed by atoms with van der Waals surface area (Å²) in [5.41, 5.74) is 6.25. The lowest BCUT2D eigenvalue weighted by Gasteiger charge is -2.23. The first-order valence-electron chi connectivity index (χ1n) is 7.43. The van der Waals surface area contributed by atoms with E-state index >= 15 is 0 Å². The number of rotatable bonds is 2. The summed E-state index contributed by atoms with van der Waals surface area (Å²) in [6.07, 6.45) is 8.67. The third-order valence-electron chi connectivity index (χ3n) is 4.13. The molecule has 0 atom stereocenters. The summed E-state index contributed by atoms with van der Waals surface area (Å²) < 4.78 is 6.30. The van der Waals surface area contributed by atoms with E-state index in [1.807, 2.05) is 13.8 Å². The van der Waals surface area contributed by atoms with Crippen LogP contribution in [-0.2, 0) is 4.74 Å². The Bertz CT molecular complexity index is 575. The fourth-order valence-corrected chi connectivity index (χ4v) is 3.02. The Hall–Kier alpha value is -1.60. The van der Waals surface area contributed by atoms with Crippen LogP contribution in [0, 0.1) is 0 Å². The first-order chi connectivity index (χ1) is 9.54. The molecule has 0 aromatic heterocycles. The van der Waals surface area contributed by atoms with Crippen LogP contribution in [0.1, 0.15) is 41.5 Å². The molecule has 0 radical (unpaired) electrons. The van der Waals surface area contributed by atoms with Crippen LogP contribution in [0.4, 0.5) is 0 Å². The lowest BCUT2D eigenvalue weighted by molar-refractivity contribution is -0.0456. The molecule has 1 aliphatic heterocycles. The molecule has 1 nitrogen and oxygen atoms in total. The first kappa shape index (κ1) is 15.8. The molecule has 2 rings (SSSR count). The van der Waals surface area contributed by atoms with Crippen molar-refractivity contribution in [2.24, 2.45) is 0 Å². The van der Waals surface area contributed by atoms with Crippen molar-refractivity contribution >= 4 is 0 Å². The van der Waals surface area contributed by atoms with Gasteiger partial charge in [-0.1, -0.05) is 36.5 Å². The number of hydrogen-bond donors (Lipinski definition) is 0. The molecular weight excluding hydrogens is 256 g/mol. The SMILES string of the molecule is C=C(C)C1=CC=C(C(=C)C)C=C2C(=C1)C(C)(C)OC2(C)C. The Morgan fingerprint density at radius 1 is 0.810 bits per heavy atom. The topological polar surface area (TPSA) is 9.23 Å². The fourth-order valence-electron chi connectivity index (χ4n) is 3.02. The highest BCUT2D eigenvalue weighted by atomic mass is 16.5. The largest absolute Gasteiger partial charge is 0.360 e. The van der Waals surface area contributed by atoms with E-state index in [1.165, 1.54) is 11.1 Å². The Kier molecular flexibility index (Phi) is 3.75. The third kappa shape index (κ3) is 2.89. The van der Waals surface area contributed by atoms with Gasteiger partial charge in [0.15, 0.2) is 0 Å². The van der Waals surface area contributed by atoms with Crippen molar-refractivity contribution in [2.45, 2.75) is 52.7 Å². The van der Waals surface area contributed by atoms with Crippen LogP contribution in [-0.4, -0.2) is 11.2 Å². The molecular formula is C20H26O. The Morgan fingerprint density at radius 3 is 1.43 bits per heavy atom. The van der Waals surface area contributed by atoms with Gasteiger partial charge in [-0.3, -0.25) is 0 Å². The monoisotopic (exact) mass is 282 g/mol. The highest BCUT2D eigenvalue weighted by Gasteiger charge is 2.46. The zero-order chi connectivity index (χ0) is 16.0. The van der Waals surface area contributed by atoms with Crippen molar-refractivity contribution in [1.29, 1.82) is 0 Å². The molecule has 0 N–H and O–H groups in total. The van der Waals surface area contributed by atoms with Crippen LogP contribution in [0.2, 0.25) is 0 Å². The smallest absolute Gasteiger partial charge is 0.0891 e. The van der Waals surface area contributed by atoms with Crippen LogP contribution < -0.4 is 0 Å². The second-order valence-corrected chi connectivity index (χ2v) is 7.04. The van der Waals surface area contributed by atoms with E-state index in [9.17, 15) is 0 Å². The first-order valence-corrected chi connectivity index (χ1v) is 7.43. The second kappa shape index (κ2) is 4.99. The van der Waals surface area contributed by atoms with E-state index in [1.54, 1.807) is 0 Å². The molecule has 1 heteroatoms. The normalized spacial score (nSPS) is 23.0. The molecule has 21 heavy (non-hydrogen) atoms. The number of hydrogen-bond acceptors (Lipinski definition) is 1. The van der Waals surface area contributed by atoms with Crippen molar-refractivity contribution < 1.29 is 4.74 Å². The minimum atomic E-state index is -0.304. The molecule has 0 unspecified atom stereocenters. The van der Waals surface area contributed by atoms with E-state index in [0.29, 0.717) is 0 Å². The highest BCUT2D eigenvalue weighted by Crippen LogP contribution is 2.47. The van der Waals surface area contributed by atoms with Gasteiger partial charge < -0.3 is 4.74 Å². The van der Waals surface area contributed by atoms with Gasteiger partial charge in [-0.2, -0.15) is 0 Å². The van der Waals surface area contributed by atoms with Gasteiger partial charge >= 0.3 is 0 Å². The van der Waals surface area contributed by atoms with Crippen molar-refractivity contribution in [2.75, 3.05) is 0 Å². The molecule has 1 fully saturated rings. The second-order valence-electron chi connectivity index (χ2n) is 7.04. The lowest BCUT2D eigenvalue weighted by atomic mass is 9.83. The summed E-state index contributed by atoms with van der Waals surface area (Å²) in [5, 5.41) is 0. The van der Waals surface area contributed by atoms with Crippen LogP contribution in [0.3, 0.4) is 0 Å². The van der Waals surface area contributed by atoms with Gasteiger partial charge in [0.25, 0.3) is 0 Å². The van der Waals surface area contributed by atoms with Crippen LogP contribution in [0.25, 0.3) is 0 Å². The van der Waals surface area contributed by atoms with Crippen LogP contribution in [0.15, 0.2) is 70.9 Å². The Balaban J connectivity index is 2.73. The molecule has 0 bridgehead atoms. The highest BCUT2D eigenvalue weighted by molar-refractivity contribution is 5.59. The van der Waals surface area contributed by atoms with Crippen molar-refractivity contribution in [3.8, 4) is 0 Å². The summed E-state index contributed by atoms with van der Waals surface area (Å²) in [7, 11) is 0. The van der Waals surface area contributed by atoms with Crippen molar-refractivity contribution in [1.82, 2.24) is 0 Å². The molecule has 0 aromatic rings. The number of fused-ring (bicyclic) bond motifs is 1. The molecule has 1 saturated heterocycles. The zero-order valence-electron chi connectivity index (χ0n) is 14.1. The minimum Gasteiger partial charge on any atom is -0.360 e. The molecule has 1 aliphatic carbocycles. The third-order valence-corrected chi connectivity index (χ3v) is 4.13. The van der Waals surface area contributed by atoms with Crippen molar-refractivity contribution in [3.05, 3.63) is 70.9 Å². The van der Waals surface area contributed by atoms with E-state index in [2.05, 4.69) is 65.2 Å². The molecule has 0 aromatic carbocycles. The number of ether oxygens (including phenoxy) is 1. The lowest BCUT2D eigenvalue weighted by Crippen LogP contribution is -2.26. The maximum Gasteiger partial charge on any atom is 0.0891 e. The van der Waals surface area contributed by atoms with Gasteiger partial charge in [0.2, 0.25) is 0 Å². The predicted octanol–water partition coefficient (Wildman–Crippen LogP) is 5.45. The van der Waals surface area contributed by atoms with Gasteiger partial charge in [0.05, 0.1) is 11.2 Å². The van der Waals surface area contributed by atoms with E-state index < -0.39 is 0 Å². The maximum absolute atomic E-state index is 6.30. The minimum absolute atomic E-state index is 0.304. The zero-order valence-corrected chi connectivity index (χ0v) is 14.1. The van der Waals surface area contributed by atoms with Gasteiger partial charge in [-0.25, -0.2) is 0 Å². The molecule has 2 aliphatic rings. The summed E-state index contributed by atoms with van der Waals surface area (Å²) in [5.74, 6) is 0. The average molecular weight is 282 g/mol. The summed E-state index contributed by atoms with van der Waals surface area (Å²) >= 11 is 0. The Morgan fingerprint density at radius 2 is 1.14 bits per heavy atom. The number of allylic oxidation sites excluding steroid dienone is 8. The van der Waals surface area contributed by atoms with Gasteiger partial charge in [0, 0.05) is 0 Å². The van der Waals surface area contributed by atoms with Crippen molar-refractivity contribution in [3.63, 3.8) is 0 Å². The van der Waals surface area contributed by atoms with Gasteiger partial charge in [-0.15, -0.1) is 0 Å². The van der Waals surface area contributed by atoms with Crippen LogP contribution >= 0.6 is 0 Å². The maximum atomic E-state index is 6.30. The Labute approximate surface area is 129 Å². The molecule has 1 heterocycles. The van der Waals surface area contributed by atoms with E-state index in [-0.39, 0.29) is 11.2 Å². The summed E-state index contributed by atoms with van der Waals surface area (Å²) in [6.45, 7) is 20.8. The average Bonchev–Trinajstić information content (AvgIpc) is 2.40. The van der Waals surface area contributed by atoms with E-state index in [4.69, 9.17) is 4.74 Å². The standard InChI is InChI=1S/C20H26O/c1-13(2)15-9-10-16(14(3)4)12-18-17(11-15)19(5,6)21-20(18,7)8/h9-12H,1,3H2,2,4-8H3. The van der Waals surface area contributed by atoms with E-state index in [0.717, 1.165) is 22.3 Å². The molecule has 112 valence electrons. The van der Waals surface area contributed by atoms with Crippen LogP contribution in [0.5, 0.6) is 0 Å². The molecule has 0 spiro atoms. The predicted molar refractivity (Wildman–Crippen MR) is 91.2 cm³/mol. The molecule has 0 amide bonds. The van der Waals surface area contributed by atoms with Gasteiger partial charge in [0.1, 0.15) is 0 Å².